The van der Waals surface area contributed by atoms with Gasteiger partial charge in [-0.15, -0.1) is 5.10 Å². The Morgan fingerprint density at radius 1 is 1.16 bits per heavy atom. The second-order valence-corrected chi connectivity index (χ2v) is 10.2. The summed E-state index contributed by atoms with van der Waals surface area (Å²) < 4.78 is 29.1. The van der Waals surface area contributed by atoms with Gasteiger partial charge in [-0.3, -0.25) is 4.79 Å². The van der Waals surface area contributed by atoms with E-state index in [0.29, 0.717) is 28.6 Å². The van der Waals surface area contributed by atoms with Crippen molar-refractivity contribution < 1.29 is 13.2 Å². The number of hydrogen-bond donors (Lipinski definition) is 1. The molecule has 1 aliphatic rings. The fourth-order valence-corrected chi connectivity index (χ4v) is 5.86. The van der Waals surface area contributed by atoms with Crippen molar-refractivity contribution in [1.82, 2.24) is 24.5 Å². The zero-order chi connectivity index (χ0) is 22.7. The Morgan fingerprint density at radius 3 is 2.66 bits per heavy atom. The summed E-state index contributed by atoms with van der Waals surface area (Å²) >= 11 is 1.41. The van der Waals surface area contributed by atoms with Gasteiger partial charge in [-0.1, -0.05) is 24.2 Å². The van der Waals surface area contributed by atoms with Gasteiger partial charge in [0, 0.05) is 23.8 Å². The summed E-state index contributed by atoms with van der Waals surface area (Å²) in [7, 11) is -3.57. The molecule has 0 aliphatic carbocycles. The molecule has 1 unspecified atom stereocenters. The molecule has 32 heavy (non-hydrogen) atoms. The van der Waals surface area contributed by atoms with Gasteiger partial charge in [0.2, 0.25) is 15.2 Å². The SMILES string of the molecule is CSc1nnnn1-c1cccc(NC(=O)c2ccc(S(=O)(=O)N3CCCCC3C)cc2)c1. The van der Waals surface area contributed by atoms with Crippen LogP contribution in [0.3, 0.4) is 0 Å². The summed E-state index contributed by atoms with van der Waals surface area (Å²) in [6, 6.07) is 13.2. The highest BCUT2D eigenvalue weighted by atomic mass is 32.2. The Labute approximate surface area is 191 Å². The van der Waals surface area contributed by atoms with Gasteiger partial charge in [-0.2, -0.15) is 8.99 Å². The number of nitrogens with one attached hydrogen (secondary N) is 1. The molecule has 2 heterocycles. The molecule has 3 aromatic rings. The van der Waals surface area contributed by atoms with Crippen molar-refractivity contribution in [3.63, 3.8) is 0 Å². The molecule has 1 saturated heterocycles. The number of rotatable bonds is 6. The minimum absolute atomic E-state index is 0.0178. The summed E-state index contributed by atoms with van der Waals surface area (Å²) in [5, 5.41) is 15.1. The first kappa shape index (κ1) is 22.4. The molecule has 168 valence electrons. The Kier molecular flexibility index (Phi) is 6.58. The molecular weight excluding hydrogens is 448 g/mol. The van der Waals surface area contributed by atoms with Gasteiger partial charge in [0.05, 0.1) is 10.6 Å². The third-order valence-corrected chi connectivity index (χ3v) is 8.08. The van der Waals surface area contributed by atoms with E-state index in [2.05, 4.69) is 20.8 Å². The van der Waals surface area contributed by atoms with Crippen LogP contribution in [-0.2, 0) is 10.0 Å². The van der Waals surface area contributed by atoms with Gasteiger partial charge in [0.25, 0.3) is 5.91 Å². The van der Waals surface area contributed by atoms with Gasteiger partial charge in [-0.05, 0) is 78.9 Å². The molecule has 0 radical (unpaired) electrons. The molecule has 1 atom stereocenters. The number of aromatic nitrogens is 4. The van der Waals surface area contributed by atoms with Gasteiger partial charge in [-0.25, -0.2) is 8.42 Å². The molecule has 9 nitrogen and oxygen atoms in total. The van der Waals surface area contributed by atoms with E-state index < -0.39 is 10.0 Å². The number of anilines is 1. The Morgan fingerprint density at radius 2 is 1.94 bits per heavy atom. The van der Waals surface area contributed by atoms with Crippen LogP contribution in [-0.4, -0.2) is 57.7 Å². The number of thioether (sulfide) groups is 1. The summed E-state index contributed by atoms with van der Waals surface area (Å²) in [4.78, 5) is 12.9. The molecule has 0 spiro atoms. The molecule has 4 rings (SSSR count). The van der Waals surface area contributed by atoms with E-state index in [4.69, 9.17) is 0 Å². The predicted octanol–water partition coefficient (Wildman–Crippen LogP) is 3.20. The van der Waals surface area contributed by atoms with Crippen molar-refractivity contribution in [2.45, 2.75) is 42.3 Å². The van der Waals surface area contributed by atoms with E-state index in [1.807, 2.05) is 19.2 Å². The van der Waals surface area contributed by atoms with E-state index in [0.717, 1.165) is 19.3 Å². The van der Waals surface area contributed by atoms with Crippen LogP contribution in [0, 0.1) is 0 Å². The molecule has 1 aliphatic heterocycles. The number of sulfonamides is 1. The van der Waals surface area contributed by atoms with Gasteiger partial charge in [0.15, 0.2) is 0 Å². The van der Waals surface area contributed by atoms with E-state index in [1.165, 1.54) is 36.0 Å². The van der Waals surface area contributed by atoms with Crippen molar-refractivity contribution in [3.05, 3.63) is 54.1 Å². The quantitative estimate of drug-likeness (QED) is 0.549. The first-order valence-electron chi connectivity index (χ1n) is 10.3. The Hall–Kier alpha value is -2.76. The largest absolute Gasteiger partial charge is 0.322 e. The smallest absolute Gasteiger partial charge is 0.255 e. The number of carbonyl (C=O) groups excluding carboxylic acids is 1. The molecule has 0 saturated carbocycles. The molecule has 11 heteroatoms. The van der Waals surface area contributed by atoms with Crippen LogP contribution < -0.4 is 5.32 Å². The number of nitrogens with zero attached hydrogens (tertiary/aromatic N) is 5. The molecule has 1 N–H and O–H groups in total. The van der Waals surface area contributed by atoms with Crippen molar-refractivity contribution in [2.75, 3.05) is 18.1 Å². The van der Waals surface area contributed by atoms with Crippen LogP contribution in [0.5, 0.6) is 0 Å². The predicted molar refractivity (Wildman–Crippen MR) is 123 cm³/mol. The van der Waals surface area contributed by atoms with Crippen LogP contribution in [0.25, 0.3) is 5.69 Å². The number of hydrogen-bond acceptors (Lipinski definition) is 7. The van der Waals surface area contributed by atoms with Crippen molar-refractivity contribution in [2.24, 2.45) is 0 Å². The van der Waals surface area contributed by atoms with Crippen molar-refractivity contribution >= 4 is 33.4 Å². The lowest BCUT2D eigenvalue weighted by Gasteiger charge is -2.32. The number of benzene rings is 2. The third-order valence-electron chi connectivity index (χ3n) is 5.44. The number of carbonyl (C=O) groups is 1. The highest BCUT2D eigenvalue weighted by molar-refractivity contribution is 7.98. The van der Waals surface area contributed by atoms with Crippen LogP contribution in [0.15, 0.2) is 58.6 Å². The Bertz CT molecular complexity index is 1210. The minimum Gasteiger partial charge on any atom is -0.322 e. The van der Waals surface area contributed by atoms with Gasteiger partial charge in [0.1, 0.15) is 0 Å². The second kappa shape index (κ2) is 9.39. The summed E-state index contributed by atoms with van der Waals surface area (Å²) in [5.74, 6) is -0.334. The standard InChI is InChI=1S/C21H24N6O3S2/c1-15-6-3-4-13-26(15)32(29,30)19-11-9-16(10-12-19)20(28)22-17-7-5-8-18(14-17)27-21(31-2)23-24-25-27/h5,7-12,14-15H,3-4,6,13H2,1-2H3,(H,22,28). The van der Waals surface area contributed by atoms with Crippen LogP contribution in [0.4, 0.5) is 5.69 Å². The number of amides is 1. The zero-order valence-electron chi connectivity index (χ0n) is 17.8. The lowest BCUT2D eigenvalue weighted by atomic mass is 10.1. The van der Waals surface area contributed by atoms with E-state index in [1.54, 1.807) is 27.2 Å². The summed E-state index contributed by atoms with van der Waals surface area (Å²) in [6.45, 7) is 2.46. The third kappa shape index (κ3) is 4.54. The summed E-state index contributed by atoms with van der Waals surface area (Å²) in [6.07, 6.45) is 4.65. The average Bonchev–Trinajstić information content (AvgIpc) is 3.28. The van der Waals surface area contributed by atoms with Crippen LogP contribution >= 0.6 is 11.8 Å². The molecular formula is C21H24N6O3S2. The van der Waals surface area contributed by atoms with Crippen LogP contribution in [0.1, 0.15) is 36.5 Å². The Balaban J connectivity index is 1.50. The zero-order valence-corrected chi connectivity index (χ0v) is 19.4. The number of piperidine rings is 1. The lowest BCUT2D eigenvalue weighted by Crippen LogP contribution is -2.41. The topological polar surface area (TPSA) is 110 Å². The normalized spacial score (nSPS) is 17.2. The average molecular weight is 473 g/mol. The maximum Gasteiger partial charge on any atom is 0.255 e. The van der Waals surface area contributed by atoms with Gasteiger partial charge >= 0.3 is 0 Å². The van der Waals surface area contributed by atoms with E-state index in [9.17, 15) is 13.2 Å². The molecule has 1 aromatic heterocycles. The fraction of sp³-hybridized carbons (Fsp3) is 0.333. The first-order valence-corrected chi connectivity index (χ1v) is 12.9. The number of tetrazole rings is 1. The highest BCUT2D eigenvalue weighted by Crippen LogP contribution is 2.25. The van der Waals surface area contributed by atoms with Crippen molar-refractivity contribution in [3.8, 4) is 5.69 Å². The van der Waals surface area contributed by atoms with E-state index >= 15 is 0 Å². The fourth-order valence-electron chi connectivity index (χ4n) is 3.73. The van der Waals surface area contributed by atoms with E-state index in [-0.39, 0.29) is 16.8 Å². The molecule has 1 amide bonds. The second-order valence-electron chi connectivity index (χ2n) is 7.57. The maximum absolute atomic E-state index is 13.0. The first-order chi connectivity index (χ1) is 15.4. The monoisotopic (exact) mass is 472 g/mol. The lowest BCUT2D eigenvalue weighted by molar-refractivity contribution is 0.102. The molecule has 2 aromatic carbocycles. The minimum atomic E-state index is -3.57. The van der Waals surface area contributed by atoms with Crippen molar-refractivity contribution in [1.29, 1.82) is 0 Å². The molecule has 0 bridgehead atoms. The highest BCUT2D eigenvalue weighted by Gasteiger charge is 2.30. The summed E-state index contributed by atoms with van der Waals surface area (Å²) in [5.41, 5.74) is 1.66. The molecule has 1 fully saturated rings. The van der Waals surface area contributed by atoms with Crippen LogP contribution in [0.2, 0.25) is 0 Å². The van der Waals surface area contributed by atoms with Gasteiger partial charge < -0.3 is 5.32 Å². The maximum atomic E-state index is 13.0.